The maximum absolute atomic E-state index is 12.7. The van der Waals surface area contributed by atoms with Crippen LogP contribution < -0.4 is 10.2 Å². The molecule has 146 valence electrons. The van der Waals surface area contributed by atoms with Gasteiger partial charge in [0.15, 0.2) is 0 Å². The smallest absolute Gasteiger partial charge is 0.241 e. The number of carbonyl (C=O) groups excluding carboxylic acids is 1. The molecule has 28 heavy (non-hydrogen) atoms. The van der Waals surface area contributed by atoms with Crippen LogP contribution in [0.25, 0.3) is 0 Å². The summed E-state index contributed by atoms with van der Waals surface area (Å²) < 4.78 is 0. The summed E-state index contributed by atoms with van der Waals surface area (Å²) in [6, 6.07) is 17.4. The van der Waals surface area contributed by atoms with Crippen molar-refractivity contribution in [1.82, 2.24) is 4.90 Å². The fourth-order valence-corrected chi connectivity index (χ4v) is 3.62. The fourth-order valence-electron chi connectivity index (χ4n) is 3.62. The highest BCUT2D eigenvalue weighted by Crippen LogP contribution is 2.25. The van der Waals surface area contributed by atoms with Gasteiger partial charge in [-0.3, -0.25) is 9.69 Å². The van der Waals surface area contributed by atoms with Gasteiger partial charge in [0.25, 0.3) is 0 Å². The fraction of sp³-hybridized carbons (Fsp3) is 0.391. The van der Waals surface area contributed by atoms with E-state index >= 15 is 0 Å². The molecule has 5 heteroatoms. The number of nitrogens with zero attached hydrogens (tertiary/aromatic N) is 3. The molecule has 1 atom stereocenters. The van der Waals surface area contributed by atoms with Crippen molar-refractivity contribution in [2.75, 3.05) is 30.4 Å². The highest BCUT2D eigenvalue weighted by molar-refractivity contribution is 5.95. The number of hydrogen-bond acceptors (Lipinski definition) is 4. The Labute approximate surface area is 167 Å². The lowest BCUT2D eigenvalue weighted by Crippen LogP contribution is -2.39. The van der Waals surface area contributed by atoms with Crippen molar-refractivity contribution >= 4 is 17.3 Å². The highest BCUT2D eigenvalue weighted by Gasteiger charge is 2.21. The van der Waals surface area contributed by atoms with Crippen LogP contribution in [0.4, 0.5) is 11.4 Å². The molecule has 1 heterocycles. The lowest BCUT2D eigenvalue weighted by Gasteiger charge is -2.32. The van der Waals surface area contributed by atoms with Crippen LogP contribution in [-0.4, -0.2) is 37.0 Å². The molecule has 3 rings (SSSR count). The van der Waals surface area contributed by atoms with Crippen molar-refractivity contribution in [2.45, 2.75) is 38.8 Å². The van der Waals surface area contributed by atoms with Gasteiger partial charge in [-0.25, -0.2) is 0 Å². The van der Waals surface area contributed by atoms with Gasteiger partial charge in [0, 0.05) is 25.3 Å². The van der Waals surface area contributed by atoms with Gasteiger partial charge in [-0.2, -0.15) is 5.26 Å². The molecule has 0 bridgehead atoms. The Morgan fingerprint density at radius 1 is 1.14 bits per heavy atom. The lowest BCUT2D eigenvalue weighted by molar-refractivity contribution is -0.120. The number of carbonyl (C=O) groups is 1. The molecule has 2 aromatic rings. The SMILES string of the molecule is C[C@@H](C(=O)Nc1ccccc1C#N)N(C)Cc1ccccc1N1CCCCC1. The average molecular weight is 377 g/mol. The standard InChI is InChI=1S/C23H28N4O/c1-18(23(28)25-21-12-6-4-10-19(21)16-24)26(2)17-20-11-5-7-13-22(20)27-14-8-3-9-15-27/h4-7,10-13,18H,3,8-9,14-15,17H2,1-2H3,(H,25,28)/t18-/m0/s1. The minimum absolute atomic E-state index is 0.111. The summed E-state index contributed by atoms with van der Waals surface area (Å²) in [6.07, 6.45) is 3.78. The van der Waals surface area contributed by atoms with E-state index < -0.39 is 0 Å². The van der Waals surface area contributed by atoms with Gasteiger partial charge in [-0.15, -0.1) is 0 Å². The largest absolute Gasteiger partial charge is 0.371 e. The first-order valence-electron chi connectivity index (χ1n) is 9.93. The molecule has 1 aliphatic rings. The number of para-hydroxylation sites is 2. The van der Waals surface area contributed by atoms with Crippen LogP contribution in [-0.2, 0) is 11.3 Å². The van der Waals surface area contributed by atoms with E-state index in [1.54, 1.807) is 18.2 Å². The van der Waals surface area contributed by atoms with Crippen LogP contribution in [0.1, 0.15) is 37.3 Å². The number of piperidine rings is 1. The third-order valence-electron chi connectivity index (χ3n) is 5.45. The van der Waals surface area contributed by atoms with Crippen molar-refractivity contribution in [1.29, 1.82) is 5.26 Å². The molecular formula is C23H28N4O. The Morgan fingerprint density at radius 3 is 2.57 bits per heavy atom. The van der Waals surface area contributed by atoms with Crippen molar-refractivity contribution in [3.05, 3.63) is 59.7 Å². The zero-order valence-corrected chi connectivity index (χ0v) is 16.7. The molecule has 1 N–H and O–H groups in total. The van der Waals surface area contributed by atoms with E-state index in [-0.39, 0.29) is 11.9 Å². The molecule has 1 fully saturated rings. The summed E-state index contributed by atoms with van der Waals surface area (Å²) in [5, 5.41) is 12.1. The third-order valence-corrected chi connectivity index (χ3v) is 5.45. The van der Waals surface area contributed by atoms with Crippen LogP contribution in [0.5, 0.6) is 0 Å². The van der Waals surface area contributed by atoms with Gasteiger partial charge in [-0.05, 0) is 57.0 Å². The van der Waals surface area contributed by atoms with Crippen molar-refractivity contribution in [3.63, 3.8) is 0 Å². The first kappa shape index (κ1) is 19.9. The van der Waals surface area contributed by atoms with Gasteiger partial charge < -0.3 is 10.2 Å². The first-order valence-corrected chi connectivity index (χ1v) is 9.93. The third kappa shape index (κ3) is 4.71. The molecule has 0 saturated carbocycles. The number of anilines is 2. The van der Waals surface area contributed by atoms with Crippen molar-refractivity contribution < 1.29 is 4.79 Å². The van der Waals surface area contributed by atoms with Crippen LogP contribution in [0, 0.1) is 11.3 Å². The molecule has 1 aliphatic heterocycles. The number of benzene rings is 2. The van der Waals surface area contributed by atoms with E-state index in [1.165, 1.54) is 30.5 Å². The van der Waals surface area contributed by atoms with E-state index in [0.717, 1.165) is 13.1 Å². The molecule has 0 aromatic heterocycles. The minimum Gasteiger partial charge on any atom is -0.371 e. The van der Waals surface area contributed by atoms with Gasteiger partial charge in [-0.1, -0.05) is 30.3 Å². The summed E-state index contributed by atoms with van der Waals surface area (Å²) >= 11 is 0. The van der Waals surface area contributed by atoms with Gasteiger partial charge in [0.1, 0.15) is 6.07 Å². The maximum Gasteiger partial charge on any atom is 0.241 e. The predicted molar refractivity (Wildman–Crippen MR) is 113 cm³/mol. The van der Waals surface area contributed by atoms with Gasteiger partial charge in [0.2, 0.25) is 5.91 Å². The highest BCUT2D eigenvalue weighted by atomic mass is 16.2. The summed E-state index contributed by atoms with van der Waals surface area (Å²) in [7, 11) is 1.97. The Balaban J connectivity index is 1.68. The molecule has 1 saturated heterocycles. The number of likely N-dealkylation sites (N-methyl/N-ethyl adjacent to an activating group) is 1. The van der Waals surface area contributed by atoms with Crippen LogP contribution in [0.2, 0.25) is 0 Å². The monoisotopic (exact) mass is 376 g/mol. The molecular weight excluding hydrogens is 348 g/mol. The summed E-state index contributed by atoms with van der Waals surface area (Å²) in [4.78, 5) is 17.2. The van der Waals surface area contributed by atoms with Crippen LogP contribution in [0.15, 0.2) is 48.5 Å². The molecule has 0 unspecified atom stereocenters. The summed E-state index contributed by atoms with van der Waals surface area (Å²) in [5.41, 5.74) is 3.55. The number of rotatable bonds is 6. The van der Waals surface area contributed by atoms with E-state index in [2.05, 4.69) is 40.6 Å². The first-order chi connectivity index (χ1) is 13.6. The van der Waals surface area contributed by atoms with Gasteiger partial charge in [0.05, 0.1) is 17.3 Å². The summed E-state index contributed by atoms with van der Waals surface area (Å²) in [5.74, 6) is -0.111. The van der Waals surface area contributed by atoms with Crippen LogP contribution >= 0.6 is 0 Å². The van der Waals surface area contributed by atoms with E-state index in [9.17, 15) is 10.1 Å². The molecule has 5 nitrogen and oxygen atoms in total. The topological polar surface area (TPSA) is 59.4 Å². The lowest BCUT2D eigenvalue weighted by atomic mass is 10.1. The zero-order chi connectivity index (χ0) is 19.9. The normalized spacial score (nSPS) is 15.1. The zero-order valence-electron chi connectivity index (χ0n) is 16.7. The Morgan fingerprint density at radius 2 is 1.82 bits per heavy atom. The number of amides is 1. The Bertz CT molecular complexity index is 852. The van der Waals surface area contributed by atoms with Crippen molar-refractivity contribution in [3.8, 4) is 6.07 Å². The Hall–Kier alpha value is -2.84. The molecule has 1 amide bonds. The molecule has 2 aromatic carbocycles. The summed E-state index contributed by atoms with van der Waals surface area (Å²) in [6.45, 7) is 4.79. The quantitative estimate of drug-likeness (QED) is 0.828. The van der Waals surface area contributed by atoms with E-state index in [1.807, 2.05) is 24.9 Å². The second-order valence-electron chi connectivity index (χ2n) is 7.41. The minimum atomic E-state index is -0.318. The number of nitriles is 1. The van der Waals surface area contributed by atoms with Crippen molar-refractivity contribution in [2.24, 2.45) is 0 Å². The van der Waals surface area contributed by atoms with Crippen LogP contribution in [0.3, 0.4) is 0 Å². The molecule has 0 aliphatic carbocycles. The van der Waals surface area contributed by atoms with E-state index in [4.69, 9.17) is 0 Å². The van der Waals surface area contributed by atoms with Gasteiger partial charge >= 0.3 is 0 Å². The van der Waals surface area contributed by atoms with E-state index in [0.29, 0.717) is 17.8 Å². The second-order valence-corrected chi connectivity index (χ2v) is 7.41. The molecule has 0 spiro atoms. The average Bonchev–Trinajstić information content (AvgIpc) is 2.74. The second kappa shape index (κ2) is 9.38. The maximum atomic E-state index is 12.7. The molecule has 0 radical (unpaired) electrons. The Kier molecular flexibility index (Phi) is 6.67. The number of hydrogen-bond donors (Lipinski definition) is 1. The predicted octanol–water partition coefficient (Wildman–Crippen LogP) is 4.01. The number of nitrogens with one attached hydrogen (secondary N) is 1.